The van der Waals surface area contributed by atoms with Crippen molar-refractivity contribution >= 4 is 37.9 Å². The first-order valence-electron chi connectivity index (χ1n) is 8.90. The summed E-state index contributed by atoms with van der Waals surface area (Å²) in [5, 5.41) is 6.67. The molecule has 0 unspecified atom stereocenters. The Bertz CT molecular complexity index is 1190. The van der Waals surface area contributed by atoms with Crippen LogP contribution in [0, 0.1) is 13.8 Å². The lowest BCUT2D eigenvalue weighted by atomic mass is 10.2. The van der Waals surface area contributed by atoms with Gasteiger partial charge in [0.1, 0.15) is 0 Å². The Kier molecular flexibility index (Phi) is 6.37. The van der Waals surface area contributed by atoms with E-state index in [9.17, 15) is 18.0 Å². The molecule has 10 heteroatoms. The number of hydrogen-bond donors (Lipinski definition) is 2. The number of hydrogen-bond acceptors (Lipinski definition) is 5. The molecule has 2 N–H and O–H groups in total. The number of nitrogens with one attached hydrogen (secondary N) is 2. The van der Waals surface area contributed by atoms with Crippen LogP contribution in [0.4, 0.5) is 4.79 Å². The maximum Gasteiger partial charge on any atom is 0.328 e. The number of rotatable bonds is 5. The van der Waals surface area contributed by atoms with Gasteiger partial charge in [-0.1, -0.05) is 30.3 Å². The van der Waals surface area contributed by atoms with Gasteiger partial charge in [-0.15, -0.1) is 0 Å². The van der Waals surface area contributed by atoms with Gasteiger partial charge in [0, 0.05) is 12.1 Å². The van der Waals surface area contributed by atoms with Gasteiger partial charge in [-0.05, 0) is 59.6 Å². The van der Waals surface area contributed by atoms with E-state index < -0.39 is 16.1 Å². The smallest absolute Gasteiger partial charge is 0.328 e. The van der Waals surface area contributed by atoms with Crippen molar-refractivity contribution in [3.05, 3.63) is 81.6 Å². The molecule has 0 aliphatic heterocycles. The molecular weight excluding hydrogens is 472 g/mol. The maximum absolute atomic E-state index is 12.6. The van der Waals surface area contributed by atoms with Gasteiger partial charge in [0.2, 0.25) is 0 Å². The van der Waals surface area contributed by atoms with Crippen LogP contribution >= 0.6 is 15.9 Å². The zero-order valence-electron chi connectivity index (χ0n) is 16.2. The number of amides is 2. The Morgan fingerprint density at radius 2 is 1.67 bits per heavy atom. The molecule has 0 saturated heterocycles. The highest BCUT2D eigenvalue weighted by atomic mass is 79.9. The van der Waals surface area contributed by atoms with Crippen LogP contribution in [0.25, 0.3) is 0 Å². The van der Waals surface area contributed by atoms with Crippen LogP contribution < -0.4 is 10.0 Å². The van der Waals surface area contributed by atoms with Gasteiger partial charge < -0.3 is 5.32 Å². The first-order valence-corrected chi connectivity index (χ1v) is 11.2. The molecule has 0 spiro atoms. The molecule has 1 heterocycles. The molecule has 2 aromatic carbocycles. The molecule has 156 valence electrons. The Morgan fingerprint density at radius 1 is 1.03 bits per heavy atom. The van der Waals surface area contributed by atoms with Gasteiger partial charge in [-0.2, -0.15) is 9.78 Å². The number of carbonyl (C=O) groups excluding carboxylic acids is 2. The van der Waals surface area contributed by atoms with Crippen molar-refractivity contribution in [3.63, 3.8) is 0 Å². The van der Waals surface area contributed by atoms with E-state index in [1.54, 1.807) is 13.8 Å². The molecule has 3 rings (SSSR count). The van der Waals surface area contributed by atoms with E-state index >= 15 is 0 Å². The predicted octanol–water partition coefficient (Wildman–Crippen LogP) is 3.14. The third kappa shape index (κ3) is 4.77. The lowest BCUT2D eigenvalue weighted by Gasteiger charge is -2.09. The van der Waals surface area contributed by atoms with Gasteiger partial charge >= 0.3 is 6.03 Å². The summed E-state index contributed by atoms with van der Waals surface area (Å²) in [6, 6.07) is 13.5. The van der Waals surface area contributed by atoms with Crippen LogP contribution in [-0.2, 0) is 16.6 Å². The Morgan fingerprint density at radius 3 is 2.23 bits per heavy atom. The van der Waals surface area contributed by atoms with Crippen LogP contribution in [0.15, 0.2) is 64.0 Å². The van der Waals surface area contributed by atoms with Gasteiger partial charge in [0.05, 0.1) is 20.8 Å². The fourth-order valence-corrected chi connectivity index (χ4v) is 3.89. The van der Waals surface area contributed by atoms with Gasteiger partial charge in [0.25, 0.3) is 15.9 Å². The van der Waals surface area contributed by atoms with Crippen molar-refractivity contribution in [1.82, 2.24) is 19.8 Å². The van der Waals surface area contributed by atoms with Crippen molar-refractivity contribution in [2.75, 3.05) is 0 Å². The predicted molar refractivity (Wildman–Crippen MR) is 115 cm³/mol. The lowest BCUT2D eigenvalue weighted by Crippen LogP contribution is -2.39. The summed E-state index contributed by atoms with van der Waals surface area (Å²) < 4.78 is 28.8. The second-order valence-corrected chi connectivity index (χ2v) is 8.98. The van der Waals surface area contributed by atoms with Crippen LogP contribution in [0.3, 0.4) is 0 Å². The molecule has 0 atom stereocenters. The minimum absolute atomic E-state index is 0.136. The van der Waals surface area contributed by atoms with Gasteiger partial charge in [0.15, 0.2) is 0 Å². The van der Waals surface area contributed by atoms with Crippen molar-refractivity contribution in [1.29, 1.82) is 0 Å². The summed E-state index contributed by atoms with van der Waals surface area (Å²) in [6.45, 7) is 3.71. The molecule has 0 bridgehead atoms. The van der Waals surface area contributed by atoms with E-state index in [0.717, 1.165) is 10.0 Å². The molecule has 0 radical (unpaired) electrons. The van der Waals surface area contributed by atoms with E-state index in [-0.39, 0.29) is 22.9 Å². The van der Waals surface area contributed by atoms with Crippen molar-refractivity contribution < 1.29 is 18.0 Å². The molecular formula is C20H19BrN4O4S. The van der Waals surface area contributed by atoms with E-state index in [1.165, 1.54) is 28.9 Å². The normalized spacial score (nSPS) is 11.2. The molecule has 0 aliphatic carbocycles. The molecule has 2 amide bonds. The standard InChI is InChI=1S/C20H19BrN4O4S/c1-13-18(21)14(2)25(23-13)19(26)16-8-10-17(11-9-16)30(28,29)24-20(27)22-12-15-6-4-3-5-7-15/h3-11H,12H2,1-2H3,(H2,22,24,27). The number of benzene rings is 2. The van der Waals surface area contributed by atoms with Crippen LogP contribution in [0.1, 0.15) is 27.3 Å². The third-order valence-electron chi connectivity index (χ3n) is 4.33. The molecule has 0 aliphatic rings. The summed E-state index contributed by atoms with van der Waals surface area (Å²) in [6.07, 6.45) is 0. The van der Waals surface area contributed by atoms with Crippen LogP contribution in [0.5, 0.6) is 0 Å². The highest BCUT2D eigenvalue weighted by molar-refractivity contribution is 9.10. The van der Waals surface area contributed by atoms with Crippen LogP contribution in [0.2, 0.25) is 0 Å². The quantitative estimate of drug-likeness (QED) is 0.570. The zero-order chi connectivity index (χ0) is 21.9. The molecule has 3 aromatic rings. The van der Waals surface area contributed by atoms with E-state index in [2.05, 4.69) is 26.3 Å². The lowest BCUT2D eigenvalue weighted by molar-refractivity contribution is 0.0942. The first kappa shape index (κ1) is 21.7. The topological polar surface area (TPSA) is 110 Å². The number of nitrogens with zero attached hydrogens (tertiary/aromatic N) is 2. The Labute approximate surface area is 182 Å². The maximum atomic E-state index is 12.6. The zero-order valence-corrected chi connectivity index (χ0v) is 18.6. The van der Waals surface area contributed by atoms with Crippen LogP contribution in [-0.4, -0.2) is 30.1 Å². The number of carbonyl (C=O) groups is 2. The minimum atomic E-state index is -4.09. The van der Waals surface area contributed by atoms with E-state index in [0.29, 0.717) is 11.4 Å². The Balaban J connectivity index is 1.69. The average molecular weight is 491 g/mol. The van der Waals surface area contributed by atoms with Crippen molar-refractivity contribution in [2.24, 2.45) is 0 Å². The molecule has 30 heavy (non-hydrogen) atoms. The highest BCUT2D eigenvalue weighted by Crippen LogP contribution is 2.21. The summed E-state index contributed by atoms with van der Waals surface area (Å²) in [5.74, 6) is -0.390. The molecule has 0 saturated carbocycles. The van der Waals surface area contributed by atoms with E-state index in [1.807, 2.05) is 35.1 Å². The van der Waals surface area contributed by atoms with Crippen molar-refractivity contribution in [3.8, 4) is 0 Å². The number of urea groups is 1. The van der Waals surface area contributed by atoms with Gasteiger partial charge in [-0.3, -0.25) is 4.79 Å². The number of aromatic nitrogens is 2. The fourth-order valence-electron chi connectivity index (χ4n) is 2.72. The number of aryl methyl sites for hydroxylation is 1. The third-order valence-corrected chi connectivity index (χ3v) is 6.82. The largest absolute Gasteiger partial charge is 0.333 e. The summed E-state index contributed by atoms with van der Waals surface area (Å²) in [4.78, 5) is 24.5. The average Bonchev–Trinajstić information content (AvgIpc) is 2.99. The summed E-state index contributed by atoms with van der Waals surface area (Å²) in [7, 11) is -4.09. The molecule has 8 nitrogen and oxygen atoms in total. The molecule has 0 fully saturated rings. The SMILES string of the molecule is Cc1nn(C(=O)c2ccc(S(=O)(=O)NC(=O)NCc3ccccc3)cc2)c(C)c1Br. The van der Waals surface area contributed by atoms with E-state index in [4.69, 9.17) is 0 Å². The van der Waals surface area contributed by atoms with Gasteiger partial charge in [-0.25, -0.2) is 17.9 Å². The monoisotopic (exact) mass is 490 g/mol. The van der Waals surface area contributed by atoms with Crippen molar-refractivity contribution in [2.45, 2.75) is 25.3 Å². The second-order valence-electron chi connectivity index (χ2n) is 6.50. The molecule has 1 aromatic heterocycles. The first-order chi connectivity index (χ1) is 14.2. The second kappa shape index (κ2) is 8.80. The number of sulfonamides is 1. The highest BCUT2D eigenvalue weighted by Gasteiger charge is 2.20. The minimum Gasteiger partial charge on any atom is -0.333 e. The number of halogens is 1. The Hall–Kier alpha value is -2.98. The summed E-state index contributed by atoms with van der Waals surface area (Å²) in [5.41, 5.74) is 2.42. The summed E-state index contributed by atoms with van der Waals surface area (Å²) >= 11 is 3.37. The fraction of sp³-hybridized carbons (Fsp3) is 0.150.